The van der Waals surface area contributed by atoms with Crippen LogP contribution in [0.25, 0.3) is 16.7 Å². The van der Waals surface area contributed by atoms with E-state index in [2.05, 4.69) is 10.4 Å². The number of nitrogens with one attached hydrogen (secondary N) is 1. The molecule has 2 aromatic heterocycles. The van der Waals surface area contributed by atoms with E-state index in [1.54, 1.807) is 34.6 Å². The number of ether oxygens (including phenoxy) is 1. The molecule has 2 aromatic carbocycles. The molecule has 0 spiro atoms. The third-order valence-corrected chi connectivity index (χ3v) is 5.24. The first-order valence-electron chi connectivity index (χ1n) is 10.1. The largest absolute Gasteiger partial charge is 0.495 e. The summed E-state index contributed by atoms with van der Waals surface area (Å²) in [6.45, 7) is 4.07. The Morgan fingerprint density at radius 1 is 1.06 bits per heavy atom. The van der Waals surface area contributed by atoms with Gasteiger partial charge in [-0.25, -0.2) is 4.68 Å². The number of nitrogens with zero attached hydrogens (tertiary/aromatic N) is 3. The first kappa shape index (κ1) is 20.4. The Bertz CT molecular complexity index is 1310. The van der Waals surface area contributed by atoms with Crippen LogP contribution in [0, 0.1) is 13.8 Å². The number of amides is 1. The molecular formula is C24H24N4O3. The standard InChI is InChI=1S/C24H24N4O3/c1-16-15-22(30)27(14-13-21(29)25-19-11-7-8-12-20(19)31-3)24-23(16)17(2)26-28(24)18-9-5-4-6-10-18/h4-12,15H,13-14H2,1-3H3,(H,25,29). The van der Waals surface area contributed by atoms with Crippen LogP contribution in [0.15, 0.2) is 65.5 Å². The molecule has 0 radical (unpaired) electrons. The summed E-state index contributed by atoms with van der Waals surface area (Å²) in [6, 6.07) is 18.5. The van der Waals surface area contributed by atoms with Gasteiger partial charge in [-0.2, -0.15) is 5.10 Å². The van der Waals surface area contributed by atoms with Crippen LogP contribution in [0.4, 0.5) is 5.69 Å². The van der Waals surface area contributed by atoms with Crippen molar-refractivity contribution in [2.24, 2.45) is 0 Å². The SMILES string of the molecule is COc1ccccc1NC(=O)CCn1c(=O)cc(C)c2c(C)nn(-c3ccccc3)c21. The Morgan fingerprint density at radius 3 is 2.52 bits per heavy atom. The van der Waals surface area contributed by atoms with Crippen LogP contribution in [-0.2, 0) is 11.3 Å². The monoisotopic (exact) mass is 416 g/mol. The second-order valence-electron chi connectivity index (χ2n) is 7.35. The van der Waals surface area contributed by atoms with E-state index in [1.165, 1.54) is 0 Å². The van der Waals surface area contributed by atoms with Gasteiger partial charge in [0.15, 0.2) is 0 Å². The fourth-order valence-corrected chi connectivity index (χ4v) is 3.81. The van der Waals surface area contributed by atoms with Gasteiger partial charge < -0.3 is 10.1 Å². The lowest BCUT2D eigenvalue weighted by atomic mass is 10.1. The zero-order valence-corrected chi connectivity index (χ0v) is 17.8. The van der Waals surface area contributed by atoms with Gasteiger partial charge in [0.1, 0.15) is 11.4 Å². The number of hydrogen-bond donors (Lipinski definition) is 1. The highest BCUT2D eigenvalue weighted by Crippen LogP contribution is 2.25. The van der Waals surface area contributed by atoms with Crippen molar-refractivity contribution in [2.75, 3.05) is 12.4 Å². The zero-order chi connectivity index (χ0) is 22.0. The summed E-state index contributed by atoms with van der Waals surface area (Å²) in [7, 11) is 1.56. The topological polar surface area (TPSA) is 78.2 Å². The number of para-hydroxylation sites is 3. The van der Waals surface area contributed by atoms with E-state index in [1.807, 2.05) is 56.3 Å². The number of aryl methyl sites for hydroxylation is 3. The van der Waals surface area contributed by atoms with Crippen LogP contribution in [-0.4, -0.2) is 27.4 Å². The van der Waals surface area contributed by atoms with Crippen LogP contribution in [0.1, 0.15) is 17.7 Å². The summed E-state index contributed by atoms with van der Waals surface area (Å²) in [5, 5.41) is 8.46. The van der Waals surface area contributed by atoms with Crippen LogP contribution < -0.4 is 15.6 Å². The van der Waals surface area contributed by atoms with E-state index >= 15 is 0 Å². The van der Waals surface area contributed by atoms with Crippen molar-refractivity contribution in [3.63, 3.8) is 0 Å². The highest BCUT2D eigenvalue weighted by molar-refractivity contribution is 5.92. The Balaban J connectivity index is 1.69. The Labute approximate surface area is 179 Å². The quantitative estimate of drug-likeness (QED) is 0.518. The number of benzene rings is 2. The summed E-state index contributed by atoms with van der Waals surface area (Å²) >= 11 is 0. The summed E-state index contributed by atoms with van der Waals surface area (Å²) in [5.74, 6) is 0.385. The van der Waals surface area contributed by atoms with E-state index in [0.717, 1.165) is 22.3 Å². The maximum Gasteiger partial charge on any atom is 0.252 e. The lowest BCUT2D eigenvalue weighted by molar-refractivity contribution is -0.116. The van der Waals surface area contributed by atoms with Gasteiger partial charge >= 0.3 is 0 Å². The molecular weight excluding hydrogens is 392 g/mol. The summed E-state index contributed by atoms with van der Waals surface area (Å²) in [4.78, 5) is 25.5. The molecule has 7 nitrogen and oxygen atoms in total. The van der Waals surface area contributed by atoms with Gasteiger partial charge in [0.2, 0.25) is 5.91 Å². The number of pyridine rings is 1. The maximum atomic E-state index is 12.9. The van der Waals surface area contributed by atoms with Crippen LogP contribution >= 0.6 is 0 Å². The van der Waals surface area contributed by atoms with Crippen molar-refractivity contribution in [3.05, 3.63) is 82.3 Å². The maximum absolute atomic E-state index is 12.9. The number of aromatic nitrogens is 3. The molecule has 0 aliphatic carbocycles. The molecule has 4 rings (SSSR count). The van der Waals surface area contributed by atoms with Crippen LogP contribution in [0.5, 0.6) is 5.75 Å². The molecule has 0 aliphatic heterocycles. The molecule has 0 aliphatic rings. The van der Waals surface area contributed by atoms with E-state index in [4.69, 9.17) is 4.74 Å². The van der Waals surface area contributed by atoms with Crippen molar-refractivity contribution in [2.45, 2.75) is 26.8 Å². The van der Waals surface area contributed by atoms with Crippen molar-refractivity contribution in [3.8, 4) is 11.4 Å². The molecule has 0 unspecified atom stereocenters. The molecule has 0 saturated carbocycles. The third-order valence-electron chi connectivity index (χ3n) is 5.24. The minimum absolute atomic E-state index is 0.134. The fourth-order valence-electron chi connectivity index (χ4n) is 3.81. The summed E-state index contributed by atoms with van der Waals surface area (Å²) in [5.41, 5.74) is 3.70. The highest BCUT2D eigenvalue weighted by atomic mass is 16.5. The predicted octanol–water partition coefficient (Wildman–Crippen LogP) is 3.84. The zero-order valence-electron chi connectivity index (χ0n) is 17.8. The molecule has 4 aromatic rings. The van der Waals surface area contributed by atoms with Gasteiger partial charge in [0.05, 0.1) is 24.2 Å². The molecule has 1 N–H and O–H groups in total. The molecule has 158 valence electrons. The molecule has 31 heavy (non-hydrogen) atoms. The van der Waals surface area contributed by atoms with Crippen molar-refractivity contribution < 1.29 is 9.53 Å². The lowest BCUT2D eigenvalue weighted by Gasteiger charge is -2.13. The van der Waals surface area contributed by atoms with Gasteiger partial charge in [-0.15, -0.1) is 0 Å². The van der Waals surface area contributed by atoms with Gasteiger partial charge in [-0.05, 0) is 43.7 Å². The average Bonchev–Trinajstić information content (AvgIpc) is 3.12. The highest BCUT2D eigenvalue weighted by Gasteiger charge is 2.18. The van der Waals surface area contributed by atoms with Gasteiger partial charge in [0.25, 0.3) is 5.56 Å². The van der Waals surface area contributed by atoms with Gasteiger partial charge in [-0.3, -0.25) is 14.2 Å². The van der Waals surface area contributed by atoms with Crippen molar-refractivity contribution >= 4 is 22.6 Å². The van der Waals surface area contributed by atoms with Crippen molar-refractivity contribution in [1.82, 2.24) is 14.3 Å². The smallest absolute Gasteiger partial charge is 0.252 e. The van der Waals surface area contributed by atoms with E-state index in [9.17, 15) is 9.59 Å². The fraction of sp³-hybridized carbons (Fsp3) is 0.208. The average molecular weight is 416 g/mol. The first-order chi connectivity index (χ1) is 15.0. The Kier molecular flexibility index (Phi) is 5.58. The number of carbonyl (C=O) groups excluding carboxylic acids is 1. The molecule has 2 heterocycles. The molecule has 0 saturated heterocycles. The minimum atomic E-state index is -0.201. The first-order valence-corrected chi connectivity index (χ1v) is 10.1. The van der Waals surface area contributed by atoms with E-state index in [0.29, 0.717) is 17.1 Å². The number of anilines is 1. The van der Waals surface area contributed by atoms with Crippen LogP contribution in [0.2, 0.25) is 0 Å². The third kappa shape index (κ3) is 3.94. The Morgan fingerprint density at radius 2 is 1.77 bits per heavy atom. The van der Waals surface area contributed by atoms with E-state index in [-0.39, 0.29) is 24.4 Å². The number of fused-ring (bicyclic) bond motifs is 1. The van der Waals surface area contributed by atoms with E-state index < -0.39 is 0 Å². The number of carbonyl (C=O) groups is 1. The number of methoxy groups -OCH3 is 1. The predicted molar refractivity (Wildman–Crippen MR) is 121 cm³/mol. The molecule has 1 amide bonds. The second kappa shape index (κ2) is 8.47. The minimum Gasteiger partial charge on any atom is -0.495 e. The molecule has 0 fully saturated rings. The van der Waals surface area contributed by atoms with Crippen LogP contribution in [0.3, 0.4) is 0 Å². The molecule has 0 atom stereocenters. The summed E-state index contributed by atoms with van der Waals surface area (Å²) < 4.78 is 8.68. The number of rotatable bonds is 6. The normalized spacial score (nSPS) is 10.9. The van der Waals surface area contributed by atoms with Gasteiger partial charge in [0, 0.05) is 24.4 Å². The molecule has 0 bridgehead atoms. The second-order valence-corrected chi connectivity index (χ2v) is 7.35. The molecule has 7 heteroatoms. The lowest BCUT2D eigenvalue weighted by Crippen LogP contribution is -2.25. The Hall–Kier alpha value is -3.87. The van der Waals surface area contributed by atoms with Crippen molar-refractivity contribution in [1.29, 1.82) is 0 Å². The number of hydrogen-bond acceptors (Lipinski definition) is 4. The van der Waals surface area contributed by atoms with Gasteiger partial charge in [-0.1, -0.05) is 30.3 Å². The summed E-state index contributed by atoms with van der Waals surface area (Å²) in [6.07, 6.45) is 0.134.